The number of aliphatic hydroxyl groups is 4. The predicted octanol–water partition coefficient (Wildman–Crippen LogP) is -1.69. The van der Waals surface area contributed by atoms with Crippen molar-refractivity contribution >= 4 is 23.9 Å². The van der Waals surface area contributed by atoms with Crippen molar-refractivity contribution in [3.8, 4) is 0 Å². The van der Waals surface area contributed by atoms with Gasteiger partial charge in [0.25, 0.3) is 23.9 Å². The normalized spacial score (nSPS) is 8.32. The van der Waals surface area contributed by atoms with Crippen LogP contribution in [0.4, 0.5) is 0 Å². The van der Waals surface area contributed by atoms with Gasteiger partial charge >= 0.3 is 0 Å². The molecule has 0 heterocycles. The molecule has 0 bridgehead atoms. The summed E-state index contributed by atoms with van der Waals surface area (Å²) in [5.74, 6) is -3.33. The molecular weight excluding hydrogens is 348 g/mol. The van der Waals surface area contributed by atoms with Gasteiger partial charge in [0.15, 0.2) is 0 Å². The molecule has 0 unspecified atom stereocenters. The molecule has 0 atom stereocenters. The van der Waals surface area contributed by atoms with Gasteiger partial charge in [-0.25, -0.2) is 0 Å². The van der Waals surface area contributed by atoms with Crippen LogP contribution in [0.2, 0.25) is 0 Å². The van der Waals surface area contributed by atoms with Gasteiger partial charge in [0.2, 0.25) is 0 Å². The summed E-state index contributed by atoms with van der Waals surface area (Å²) in [6.07, 6.45) is 0. The summed E-state index contributed by atoms with van der Waals surface area (Å²) in [5.41, 5.74) is -1.11. The zero-order valence-corrected chi connectivity index (χ0v) is 14.5. The SMILES string of the molecule is CC(=O)O.CC(=O)O.CC(=O)O.CC(=O)O.OCC(CO)(CO)CO. The average Bonchev–Trinajstić information content (AvgIpc) is 2.39. The minimum absolute atomic E-state index is 0.406. The molecular formula is C13H28O12. The van der Waals surface area contributed by atoms with E-state index in [0.29, 0.717) is 0 Å². The largest absolute Gasteiger partial charge is 0.481 e. The Balaban J connectivity index is -0.0000000714. The molecule has 0 saturated carbocycles. The van der Waals surface area contributed by atoms with Crippen LogP contribution in [0.15, 0.2) is 0 Å². The second kappa shape index (κ2) is 24.0. The van der Waals surface area contributed by atoms with E-state index in [1.54, 1.807) is 0 Å². The van der Waals surface area contributed by atoms with Crippen molar-refractivity contribution in [3.63, 3.8) is 0 Å². The van der Waals surface area contributed by atoms with Crippen molar-refractivity contribution in [2.75, 3.05) is 26.4 Å². The highest BCUT2D eigenvalue weighted by Gasteiger charge is 2.26. The number of hydrogen-bond acceptors (Lipinski definition) is 8. The van der Waals surface area contributed by atoms with E-state index < -0.39 is 55.7 Å². The summed E-state index contributed by atoms with van der Waals surface area (Å²) in [5, 5.41) is 63.7. The molecule has 0 radical (unpaired) electrons. The van der Waals surface area contributed by atoms with Crippen molar-refractivity contribution in [1.82, 2.24) is 0 Å². The minimum Gasteiger partial charge on any atom is -0.481 e. The fourth-order valence-corrected chi connectivity index (χ4v) is 0.300. The highest BCUT2D eigenvalue weighted by Crippen LogP contribution is 2.11. The van der Waals surface area contributed by atoms with Crippen molar-refractivity contribution in [1.29, 1.82) is 0 Å². The third kappa shape index (κ3) is 89.4. The first kappa shape index (κ1) is 34.1. The van der Waals surface area contributed by atoms with Crippen LogP contribution in [-0.2, 0) is 19.2 Å². The summed E-state index contributed by atoms with van der Waals surface area (Å²) in [6, 6.07) is 0. The van der Waals surface area contributed by atoms with Gasteiger partial charge in [-0.15, -0.1) is 0 Å². The topological polar surface area (TPSA) is 230 Å². The minimum atomic E-state index is -1.11. The van der Waals surface area contributed by atoms with Crippen LogP contribution in [0.25, 0.3) is 0 Å². The Labute approximate surface area is 144 Å². The number of carbonyl (C=O) groups is 4. The molecule has 8 N–H and O–H groups in total. The monoisotopic (exact) mass is 376 g/mol. The zero-order valence-electron chi connectivity index (χ0n) is 14.5. The molecule has 152 valence electrons. The van der Waals surface area contributed by atoms with E-state index in [4.69, 9.17) is 60.0 Å². The van der Waals surface area contributed by atoms with Gasteiger partial charge in [-0.05, 0) is 0 Å². The number of rotatable bonds is 4. The van der Waals surface area contributed by atoms with Crippen molar-refractivity contribution in [2.45, 2.75) is 27.7 Å². The summed E-state index contributed by atoms with van der Waals surface area (Å²) in [7, 11) is 0. The zero-order chi connectivity index (χ0) is 21.6. The maximum atomic E-state index is 9.00. The highest BCUT2D eigenvalue weighted by molar-refractivity contribution is 5.63. The van der Waals surface area contributed by atoms with Crippen molar-refractivity contribution in [2.24, 2.45) is 5.41 Å². The Kier molecular flexibility index (Phi) is 32.7. The number of aliphatic carboxylic acids is 4. The van der Waals surface area contributed by atoms with E-state index in [1.807, 2.05) is 0 Å². The Morgan fingerprint density at radius 1 is 0.520 bits per heavy atom. The first-order valence-electron chi connectivity index (χ1n) is 6.39. The molecule has 0 aromatic heterocycles. The molecule has 0 spiro atoms. The van der Waals surface area contributed by atoms with Crippen LogP contribution in [-0.4, -0.2) is 91.2 Å². The molecule has 0 aromatic carbocycles. The smallest absolute Gasteiger partial charge is 0.300 e. The van der Waals surface area contributed by atoms with Crippen LogP contribution in [0, 0.1) is 5.41 Å². The van der Waals surface area contributed by atoms with Crippen molar-refractivity contribution < 1.29 is 60.0 Å². The second-order valence-electron chi connectivity index (χ2n) is 4.21. The standard InChI is InChI=1S/C5H12O4.4C2H4O2/c6-1-5(2-7,3-8)4-9;4*1-2(3)4/h6-9H,1-4H2;4*1H3,(H,3,4). The molecule has 0 aliphatic heterocycles. The van der Waals surface area contributed by atoms with Gasteiger partial charge in [0.1, 0.15) is 0 Å². The highest BCUT2D eigenvalue weighted by atomic mass is 16.4. The lowest BCUT2D eigenvalue weighted by Gasteiger charge is -2.23. The van der Waals surface area contributed by atoms with E-state index in [-0.39, 0.29) is 0 Å². The lowest BCUT2D eigenvalue weighted by molar-refractivity contribution is -0.135. The maximum Gasteiger partial charge on any atom is 0.300 e. The summed E-state index contributed by atoms with van der Waals surface area (Å²) in [6.45, 7) is 2.71. The van der Waals surface area contributed by atoms with Crippen LogP contribution >= 0.6 is 0 Å². The third-order valence-corrected chi connectivity index (χ3v) is 1.34. The van der Waals surface area contributed by atoms with E-state index in [2.05, 4.69) is 0 Å². The summed E-state index contributed by atoms with van der Waals surface area (Å²) < 4.78 is 0. The second-order valence-corrected chi connectivity index (χ2v) is 4.21. The Bertz CT molecular complexity index is 267. The fourth-order valence-electron chi connectivity index (χ4n) is 0.300. The van der Waals surface area contributed by atoms with Gasteiger partial charge in [0, 0.05) is 27.7 Å². The average molecular weight is 376 g/mol. The molecule has 0 aliphatic carbocycles. The number of carboxylic acid groups (broad SMARTS) is 4. The molecule has 0 amide bonds. The number of carboxylic acids is 4. The van der Waals surface area contributed by atoms with Gasteiger partial charge in [-0.2, -0.15) is 0 Å². The van der Waals surface area contributed by atoms with Crippen LogP contribution in [0.5, 0.6) is 0 Å². The molecule has 12 heteroatoms. The van der Waals surface area contributed by atoms with E-state index in [0.717, 1.165) is 27.7 Å². The molecule has 0 rings (SSSR count). The summed E-state index contributed by atoms with van der Waals surface area (Å²) in [4.78, 5) is 36.0. The van der Waals surface area contributed by atoms with E-state index >= 15 is 0 Å². The Morgan fingerprint density at radius 3 is 0.600 bits per heavy atom. The lowest BCUT2D eigenvalue weighted by atomic mass is 9.93. The number of hydrogen-bond donors (Lipinski definition) is 8. The number of aliphatic hydroxyl groups excluding tert-OH is 4. The molecule has 25 heavy (non-hydrogen) atoms. The maximum absolute atomic E-state index is 9.00. The van der Waals surface area contributed by atoms with Gasteiger partial charge < -0.3 is 40.9 Å². The van der Waals surface area contributed by atoms with Gasteiger partial charge in [-0.1, -0.05) is 0 Å². The molecule has 0 fully saturated rings. The molecule has 0 aromatic rings. The third-order valence-electron chi connectivity index (χ3n) is 1.34. The first-order chi connectivity index (χ1) is 11.2. The Hall–Kier alpha value is -2.28. The summed E-state index contributed by atoms with van der Waals surface area (Å²) >= 11 is 0. The quantitative estimate of drug-likeness (QED) is 0.274. The van der Waals surface area contributed by atoms with Crippen molar-refractivity contribution in [3.05, 3.63) is 0 Å². The predicted molar refractivity (Wildman–Crippen MR) is 84.0 cm³/mol. The van der Waals surface area contributed by atoms with Gasteiger partial charge in [-0.3, -0.25) is 19.2 Å². The van der Waals surface area contributed by atoms with Crippen LogP contribution in [0.3, 0.4) is 0 Å². The van der Waals surface area contributed by atoms with Crippen LogP contribution in [0.1, 0.15) is 27.7 Å². The molecule has 0 aliphatic rings. The molecule has 12 nitrogen and oxygen atoms in total. The fraction of sp³-hybridized carbons (Fsp3) is 0.692. The molecule has 0 saturated heterocycles. The lowest BCUT2D eigenvalue weighted by Crippen LogP contribution is -2.37. The Morgan fingerprint density at radius 2 is 0.600 bits per heavy atom. The van der Waals surface area contributed by atoms with E-state index in [1.165, 1.54) is 0 Å². The van der Waals surface area contributed by atoms with E-state index in [9.17, 15) is 0 Å². The van der Waals surface area contributed by atoms with Crippen LogP contribution < -0.4 is 0 Å². The first-order valence-corrected chi connectivity index (χ1v) is 6.39. The van der Waals surface area contributed by atoms with Gasteiger partial charge in [0.05, 0.1) is 31.8 Å².